The highest BCUT2D eigenvalue weighted by Gasteiger charge is 2.31. The van der Waals surface area contributed by atoms with Crippen molar-refractivity contribution >= 4 is 28.3 Å². The highest BCUT2D eigenvalue weighted by atomic mass is 35.5. The Balaban J connectivity index is 1.48. The summed E-state index contributed by atoms with van der Waals surface area (Å²) >= 11 is 6.33. The Labute approximate surface area is 179 Å². The normalized spacial score (nSPS) is 21.4. The minimum atomic E-state index is -0.115. The van der Waals surface area contributed by atoms with E-state index in [2.05, 4.69) is 48.2 Å². The molecule has 8 nitrogen and oxygen atoms in total. The van der Waals surface area contributed by atoms with Crippen molar-refractivity contribution in [3.63, 3.8) is 0 Å². The average molecular weight is 424 g/mol. The summed E-state index contributed by atoms with van der Waals surface area (Å²) in [6, 6.07) is 4.25. The van der Waals surface area contributed by atoms with Crippen LogP contribution in [0.5, 0.6) is 0 Å². The molecular weight excluding hydrogens is 402 g/mol. The number of aromatic amines is 1. The van der Waals surface area contributed by atoms with Crippen molar-refractivity contribution in [3.05, 3.63) is 57.4 Å². The number of nitrogens with zero attached hydrogens (tertiary/aromatic N) is 5. The number of aryl methyl sites for hydroxylation is 1. The van der Waals surface area contributed by atoms with Crippen molar-refractivity contribution in [1.29, 1.82) is 0 Å². The second-order valence-electron chi connectivity index (χ2n) is 7.81. The number of benzene rings is 1. The molecule has 2 aliphatic heterocycles. The summed E-state index contributed by atoms with van der Waals surface area (Å²) < 4.78 is 6.34. The van der Waals surface area contributed by atoms with E-state index in [0.29, 0.717) is 19.6 Å². The maximum atomic E-state index is 7.15. The van der Waals surface area contributed by atoms with E-state index in [1.165, 1.54) is 5.56 Å². The third-order valence-electron chi connectivity index (χ3n) is 5.92. The Morgan fingerprint density at radius 2 is 2.27 bits per heavy atom. The maximum Gasteiger partial charge on any atom is 0.231 e. The molecule has 0 saturated carbocycles. The third kappa shape index (κ3) is 3.39. The van der Waals surface area contributed by atoms with Crippen LogP contribution in [0.1, 0.15) is 28.5 Å². The van der Waals surface area contributed by atoms with Gasteiger partial charge in [-0.15, -0.1) is 0 Å². The molecule has 0 radical (unpaired) electrons. The smallest absolute Gasteiger partial charge is 0.231 e. The highest BCUT2D eigenvalue weighted by molar-refractivity contribution is 6.28. The van der Waals surface area contributed by atoms with Crippen molar-refractivity contribution in [2.24, 2.45) is 0 Å². The third-order valence-corrected chi connectivity index (χ3v) is 6.09. The lowest BCUT2D eigenvalue weighted by atomic mass is 9.93. The number of anilines is 1. The number of nitrogens with one attached hydrogen (secondary N) is 2. The second-order valence-corrected chi connectivity index (χ2v) is 8.15. The first kappa shape index (κ1) is 19.2. The van der Waals surface area contributed by atoms with Crippen LogP contribution in [0.3, 0.4) is 0 Å². The fourth-order valence-electron chi connectivity index (χ4n) is 4.50. The van der Waals surface area contributed by atoms with E-state index in [1.54, 1.807) is 0 Å². The van der Waals surface area contributed by atoms with Crippen LogP contribution in [0.4, 0.5) is 5.82 Å². The van der Waals surface area contributed by atoms with E-state index < -0.39 is 0 Å². The molecule has 0 aliphatic carbocycles. The van der Waals surface area contributed by atoms with E-state index >= 15 is 0 Å². The van der Waals surface area contributed by atoms with Crippen LogP contribution in [-0.4, -0.2) is 52.4 Å². The number of hydrogen-bond acceptors (Lipinski definition) is 6. The van der Waals surface area contributed by atoms with Gasteiger partial charge in [0.15, 0.2) is 0 Å². The Kier molecular flexibility index (Phi) is 5.03. The van der Waals surface area contributed by atoms with Crippen LogP contribution in [-0.2, 0) is 17.8 Å². The van der Waals surface area contributed by atoms with E-state index in [0.717, 1.165) is 53.2 Å². The molecule has 154 valence electrons. The second kappa shape index (κ2) is 7.84. The molecule has 2 aliphatic rings. The molecule has 2 aromatic heterocycles. The summed E-state index contributed by atoms with van der Waals surface area (Å²) in [5, 5.41) is 11.9. The Hall–Kier alpha value is -2.73. The molecule has 2 N–H and O–H groups in total. The van der Waals surface area contributed by atoms with Gasteiger partial charge in [-0.3, -0.25) is 5.10 Å². The lowest BCUT2D eigenvalue weighted by molar-refractivity contribution is 0.0265. The number of rotatable bonds is 3. The molecule has 0 amide bonds. The van der Waals surface area contributed by atoms with Crippen LogP contribution in [0.15, 0.2) is 18.3 Å². The number of fused-ring (bicyclic) bond motifs is 2. The van der Waals surface area contributed by atoms with Crippen molar-refractivity contribution in [1.82, 2.24) is 25.5 Å². The fourth-order valence-corrected chi connectivity index (χ4v) is 4.68. The summed E-state index contributed by atoms with van der Waals surface area (Å²) in [6.07, 6.45) is 2.37. The Bertz CT molecular complexity index is 1140. The van der Waals surface area contributed by atoms with Crippen molar-refractivity contribution in [3.8, 4) is 0 Å². The monoisotopic (exact) mass is 423 g/mol. The summed E-state index contributed by atoms with van der Waals surface area (Å²) in [5.41, 5.74) is 5.24. The summed E-state index contributed by atoms with van der Waals surface area (Å²) in [6.45, 7) is 12.5. The lowest BCUT2D eigenvalue weighted by Gasteiger charge is -2.35. The molecule has 3 aromatic rings. The van der Waals surface area contributed by atoms with Gasteiger partial charge in [-0.2, -0.15) is 5.10 Å². The van der Waals surface area contributed by atoms with E-state index in [9.17, 15) is 0 Å². The zero-order chi connectivity index (χ0) is 20.7. The standard InChI is InChI=1S/C21H22ClN7O/c1-12-3-4-16-14(9-25-28-16)19(12)18-7-17-15(11-30-18)20(27-21(22)26-17)29-6-5-24-13(10-29)8-23-2/h3-4,9,13,18,24H,5-8,10-11H2,1H3,(H,25,28)/t13-,18?/m0/s1. The lowest BCUT2D eigenvalue weighted by Crippen LogP contribution is -2.52. The minimum absolute atomic E-state index is 0.115. The number of ether oxygens (including phenoxy) is 1. The van der Waals surface area contributed by atoms with Gasteiger partial charge < -0.3 is 19.8 Å². The van der Waals surface area contributed by atoms with Crippen molar-refractivity contribution in [2.75, 3.05) is 31.1 Å². The van der Waals surface area contributed by atoms with E-state index in [1.807, 2.05) is 12.3 Å². The SMILES string of the molecule is [C-]#[N+]C[C@H]1CN(c2nc(Cl)nc3c2COC(c2c(C)ccc4[nH]ncc24)C3)CCN1. The molecule has 30 heavy (non-hydrogen) atoms. The quantitative estimate of drug-likeness (QED) is 0.498. The van der Waals surface area contributed by atoms with Gasteiger partial charge in [0, 0.05) is 37.0 Å². The first-order valence-corrected chi connectivity index (χ1v) is 10.4. The molecular formula is C21H22ClN7O. The van der Waals surface area contributed by atoms with Crippen LogP contribution in [0.25, 0.3) is 15.7 Å². The van der Waals surface area contributed by atoms with E-state index in [4.69, 9.17) is 22.9 Å². The molecule has 2 atom stereocenters. The van der Waals surface area contributed by atoms with Gasteiger partial charge in [-0.05, 0) is 35.7 Å². The van der Waals surface area contributed by atoms with Crippen LogP contribution >= 0.6 is 11.6 Å². The van der Waals surface area contributed by atoms with Crippen molar-refractivity contribution < 1.29 is 4.74 Å². The zero-order valence-corrected chi connectivity index (χ0v) is 17.4. The number of H-pyrrole nitrogens is 1. The van der Waals surface area contributed by atoms with Gasteiger partial charge in [0.05, 0.1) is 36.2 Å². The first-order chi connectivity index (χ1) is 14.6. The topological polar surface area (TPSA) is 83.3 Å². The first-order valence-electron chi connectivity index (χ1n) is 10.0. The molecule has 1 saturated heterocycles. The zero-order valence-electron chi connectivity index (χ0n) is 16.7. The molecule has 5 rings (SSSR count). The number of aromatic nitrogens is 4. The fraction of sp³-hybridized carbons (Fsp3) is 0.429. The van der Waals surface area contributed by atoms with Gasteiger partial charge in [-0.1, -0.05) is 6.07 Å². The van der Waals surface area contributed by atoms with Crippen LogP contribution in [0.2, 0.25) is 5.28 Å². The molecule has 0 bridgehead atoms. The Morgan fingerprint density at radius 3 is 3.13 bits per heavy atom. The molecule has 4 heterocycles. The summed E-state index contributed by atoms with van der Waals surface area (Å²) in [5.74, 6) is 0.832. The van der Waals surface area contributed by atoms with Gasteiger partial charge >= 0.3 is 0 Å². The molecule has 1 fully saturated rings. The summed E-state index contributed by atoms with van der Waals surface area (Å²) in [7, 11) is 0. The van der Waals surface area contributed by atoms with Crippen LogP contribution in [0, 0.1) is 13.5 Å². The molecule has 9 heteroatoms. The van der Waals surface area contributed by atoms with Crippen molar-refractivity contribution in [2.45, 2.75) is 32.1 Å². The predicted molar refractivity (Wildman–Crippen MR) is 115 cm³/mol. The highest BCUT2D eigenvalue weighted by Crippen LogP contribution is 2.38. The summed E-state index contributed by atoms with van der Waals surface area (Å²) in [4.78, 5) is 14.8. The van der Waals surface area contributed by atoms with E-state index in [-0.39, 0.29) is 17.4 Å². The van der Waals surface area contributed by atoms with Gasteiger partial charge in [-0.25, -0.2) is 16.5 Å². The average Bonchev–Trinajstić information content (AvgIpc) is 3.22. The van der Waals surface area contributed by atoms with Gasteiger partial charge in [0.1, 0.15) is 5.82 Å². The van der Waals surface area contributed by atoms with Gasteiger partial charge in [0.2, 0.25) is 11.8 Å². The number of hydrogen-bond donors (Lipinski definition) is 2. The largest absolute Gasteiger partial charge is 0.368 e. The maximum absolute atomic E-state index is 7.15. The minimum Gasteiger partial charge on any atom is -0.368 e. The molecule has 1 unspecified atom stereocenters. The number of halogens is 1. The molecule has 0 spiro atoms. The number of piperazine rings is 1. The predicted octanol–water partition coefficient (Wildman–Crippen LogP) is 2.83. The van der Waals surface area contributed by atoms with Crippen LogP contribution < -0.4 is 10.2 Å². The molecule has 1 aromatic carbocycles. The Morgan fingerprint density at radius 1 is 1.37 bits per heavy atom. The van der Waals surface area contributed by atoms with Gasteiger partial charge in [0.25, 0.3) is 0 Å².